The number of aryl methyl sites for hydroxylation is 1. The van der Waals surface area contributed by atoms with Gasteiger partial charge < -0.3 is 0 Å². The minimum absolute atomic E-state index is 0.397. The summed E-state index contributed by atoms with van der Waals surface area (Å²) in [5, 5.41) is 0. The first kappa shape index (κ1) is 7.24. The molecule has 0 bridgehead atoms. The summed E-state index contributed by atoms with van der Waals surface area (Å²) in [5.74, 6) is 0.838. The van der Waals surface area contributed by atoms with Crippen LogP contribution in [0.4, 0.5) is 5.95 Å². The molecule has 0 aromatic carbocycles. The highest BCUT2D eigenvalue weighted by atomic mass is 15.4. The van der Waals surface area contributed by atoms with Gasteiger partial charge in [-0.15, -0.1) is 0 Å². The summed E-state index contributed by atoms with van der Waals surface area (Å²) in [5.41, 5.74) is 0.978. The maximum atomic E-state index is 4.31. The van der Waals surface area contributed by atoms with Crippen LogP contribution in [-0.4, -0.2) is 23.4 Å². The van der Waals surface area contributed by atoms with Crippen LogP contribution in [0.15, 0.2) is 17.4 Å². The summed E-state index contributed by atoms with van der Waals surface area (Å²) >= 11 is 0. The number of aliphatic imine (C=N–C) groups is 1. The maximum Gasteiger partial charge on any atom is 0.317 e. The first-order valence-corrected chi connectivity index (χ1v) is 3.73. The largest absolute Gasteiger partial charge is 0.317 e. The third-order valence-electron chi connectivity index (χ3n) is 1.83. The molecule has 0 fully saturated rings. The molecule has 1 N–H and O–H groups in total. The molecule has 0 spiro atoms. The third kappa shape index (κ3) is 0.967. The molecule has 1 aliphatic rings. The fourth-order valence-corrected chi connectivity index (χ4v) is 1.11. The van der Waals surface area contributed by atoms with E-state index in [2.05, 4.69) is 21.2 Å². The molecule has 2 heterocycles. The van der Waals surface area contributed by atoms with E-state index in [4.69, 9.17) is 0 Å². The van der Waals surface area contributed by atoms with Crippen LogP contribution in [0.25, 0.3) is 0 Å². The highest BCUT2D eigenvalue weighted by molar-refractivity contribution is 5.73. The van der Waals surface area contributed by atoms with Crippen molar-refractivity contribution in [2.24, 2.45) is 4.99 Å². The van der Waals surface area contributed by atoms with Gasteiger partial charge in [0.2, 0.25) is 12.5 Å². The lowest BCUT2D eigenvalue weighted by Gasteiger charge is -2.14. The highest BCUT2D eigenvalue weighted by Gasteiger charge is 2.27. The molecular formula is C8H10N4+. The van der Waals surface area contributed by atoms with Crippen molar-refractivity contribution < 1.29 is 0 Å². The zero-order valence-corrected chi connectivity index (χ0v) is 7.07. The van der Waals surface area contributed by atoms with Gasteiger partial charge in [-0.3, -0.25) is 4.98 Å². The van der Waals surface area contributed by atoms with Gasteiger partial charge in [-0.25, -0.2) is 4.99 Å². The lowest BCUT2D eigenvalue weighted by Crippen LogP contribution is -2.37. The van der Waals surface area contributed by atoms with Crippen LogP contribution < -0.4 is 4.48 Å². The Labute approximate surface area is 70.9 Å². The van der Waals surface area contributed by atoms with Crippen molar-refractivity contribution in [1.82, 2.24) is 14.5 Å². The molecule has 1 aliphatic heterocycles. The van der Waals surface area contributed by atoms with Gasteiger partial charge in [0.25, 0.3) is 0 Å². The Morgan fingerprint density at radius 2 is 2.42 bits per heavy atom. The number of hydrogen-bond donors (Lipinski definition) is 1. The molecule has 4 nitrogen and oxygen atoms in total. The number of rotatable bonds is 1. The van der Waals surface area contributed by atoms with E-state index in [0.29, 0.717) is 4.48 Å². The van der Waals surface area contributed by atoms with Crippen molar-refractivity contribution in [3.05, 3.63) is 24.3 Å². The Hall–Kier alpha value is -1.42. The van der Waals surface area contributed by atoms with Gasteiger partial charge in [-0.05, 0) is 6.92 Å². The second kappa shape index (κ2) is 2.28. The van der Waals surface area contributed by atoms with Gasteiger partial charge in [0.15, 0.2) is 0 Å². The summed E-state index contributed by atoms with van der Waals surface area (Å²) in [6.07, 6.45) is 8.35. The predicted octanol–water partition coefficient (Wildman–Crippen LogP) is 0.972. The minimum Gasteiger partial charge on any atom is -0.298 e. The van der Waals surface area contributed by atoms with Gasteiger partial charge in [-0.2, -0.15) is 9.47 Å². The van der Waals surface area contributed by atoms with Crippen molar-refractivity contribution >= 4 is 12.3 Å². The topological polar surface area (TPSA) is 41.0 Å². The summed E-state index contributed by atoms with van der Waals surface area (Å²) in [4.78, 5) is 11.4. The molecule has 0 saturated carbocycles. The minimum atomic E-state index is 0.397. The normalized spacial score (nSPS) is 26.8. The van der Waals surface area contributed by atoms with Gasteiger partial charge in [0, 0.05) is 6.20 Å². The Morgan fingerprint density at radius 1 is 1.58 bits per heavy atom. The first-order chi connectivity index (χ1) is 5.71. The van der Waals surface area contributed by atoms with Crippen LogP contribution in [0.1, 0.15) is 5.69 Å². The van der Waals surface area contributed by atoms with Gasteiger partial charge >= 0.3 is 5.95 Å². The number of hydrogen-bond acceptors (Lipinski definition) is 2. The van der Waals surface area contributed by atoms with E-state index in [-0.39, 0.29) is 0 Å². The van der Waals surface area contributed by atoms with E-state index < -0.39 is 0 Å². The van der Waals surface area contributed by atoms with E-state index in [0.717, 1.165) is 11.6 Å². The molecule has 1 aromatic rings. The van der Waals surface area contributed by atoms with Gasteiger partial charge in [-0.1, -0.05) is 0 Å². The lowest BCUT2D eigenvalue weighted by atomic mass is 10.6. The molecule has 12 heavy (non-hydrogen) atoms. The Kier molecular flexibility index (Phi) is 1.38. The smallest absolute Gasteiger partial charge is 0.298 e. The molecule has 0 aliphatic carbocycles. The number of quaternary nitrogens is 1. The summed E-state index contributed by atoms with van der Waals surface area (Å²) < 4.78 is 0.397. The summed E-state index contributed by atoms with van der Waals surface area (Å²) in [6.45, 7) is 1.95. The summed E-state index contributed by atoms with van der Waals surface area (Å²) in [6, 6.07) is 0. The zero-order valence-electron chi connectivity index (χ0n) is 7.07. The van der Waals surface area contributed by atoms with Crippen LogP contribution in [-0.2, 0) is 0 Å². The van der Waals surface area contributed by atoms with E-state index in [9.17, 15) is 0 Å². The molecule has 1 atom stereocenters. The number of H-pyrrole nitrogens is 1. The van der Waals surface area contributed by atoms with Crippen molar-refractivity contribution in [1.29, 1.82) is 0 Å². The molecule has 0 saturated heterocycles. The fourth-order valence-electron chi connectivity index (χ4n) is 1.11. The van der Waals surface area contributed by atoms with Crippen LogP contribution in [0.5, 0.6) is 0 Å². The van der Waals surface area contributed by atoms with Crippen LogP contribution >= 0.6 is 0 Å². The Morgan fingerprint density at radius 3 is 2.92 bits per heavy atom. The van der Waals surface area contributed by atoms with Crippen LogP contribution in [0, 0.1) is 13.1 Å². The standard InChI is InChI=1S/C8H10N4/c1-7-5-10-8(11-7)12(2)4-3-9-6-12/h3,5-6H,1-2H3,(H,10,11)/q+1. The van der Waals surface area contributed by atoms with E-state index in [1.165, 1.54) is 0 Å². The molecule has 2 rings (SSSR count). The third-order valence-corrected chi connectivity index (χ3v) is 1.83. The molecule has 61 valence electrons. The van der Waals surface area contributed by atoms with Crippen LogP contribution in [0.2, 0.25) is 0 Å². The van der Waals surface area contributed by atoms with Crippen molar-refractivity contribution in [2.45, 2.75) is 6.92 Å². The van der Waals surface area contributed by atoms with Gasteiger partial charge in [0.05, 0.1) is 12.7 Å². The lowest BCUT2D eigenvalue weighted by molar-refractivity contribution is 0.623. The predicted molar refractivity (Wildman–Crippen MR) is 47.3 cm³/mol. The molecule has 1 radical (unpaired) electrons. The first-order valence-electron chi connectivity index (χ1n) is 3.73. The second-order valence-corrected chi connectivity index (χ2v) is 2.96. The zero-order chi connectivity index (χ0) is 8.60. The SMILES string of the molecule is Cc1c[nH]c([N+]2(C)[C]=CN=C2)n1. The highest BCUT2D eigenvalue weighted by Crippen LogP contribution is 2.16. The summed E-state index contributed by atoms with van der Waals surface area (Å²) in [7, 11) is 1.96. The number of imidazole rings is 1. The maximum absolute atomic E-state index is 4.31. The molecule has 1 aromatic heterocycles. The number of aromatic nitrogens is 2. The van der Waals surface area contributed by atoms with Crippen molar-refractivity contribution in [3.63, 3.8) is 0 Å². The number of nitrogens with zero attached hydrogens (tertiary/aromatic N) is 3. The Bertz CT molecular complexity index is 336. The monoisotopic (exact) mass is 162 g/mol. The fraction of sp³-hybridized carbons (Fsp3) is 0.250. The molecule has 1 unspecified atom stereocenters. The number of nitrogens with one attached hydrogen (secondary N) is 1. The van der Waals surface area contributed by atoms with Crippen molar-refractivity contribution in [2.75, 3.05) is 7.05 Å². The quantitative estimate of drug-likeness (QED) is 0.614. The van der Waals surface area contributed by atoms with Gasteiger partial charge in [0.1, 0.15) is 6.20 Å². The van der Waals surface area contributed by atoms with E-state index >= 15 is 0 Å². The molecule has 4 heteroatoms. The van der Waals surface area contributed by atoms with Crippen LogP contribution in [0.3, 0.4) is 0 Å². The average Bonchev–Trinajstić information content (AvgIpc) is 2.59. The molecular weight excluding hydrogens is 152 g/mol. The average molecular weight is 162 g/mol. The molecule has 0 amide bonds. The van der Waals surface area contributed by atoms with E-state index in [1.807, 2.05) is 20.2 Å². The van der Waals surface area contributed by atoms with E-state index in [1.54, 1.807) is 12.5 Å². The number of aromatic amines is 1. The second-order valence-electron chi connectivity index (χ2n) is 2.96. The Balaban J connectivity index is 2.42. The van der Waals surface area contributed by atoms with Crippen molar-refractivity contribution in [3.8, 4) is 0 Å².